The first-order chi connectivity index (χ1) is 12.9. The minimum absolute atomic E-state index is 0.00392. The molecule has 0 aliphatic carbocycles. The predicted octanol–water partition coefficient (Wildman–Crippen LogP) is 3.77. The summed E-state index contributed by atoms with van der Waals surface area (Å²) >= 11 is 33.5. The largest absolute Gasteiger partial charge is 0.708 e. The van der Waals surface area contributed by atoms with Gasteiger partial charge in [0.05, 0.1) is 38.8 Å². The van der Waals surface area contributed by atoms with Crippen LogP contribution in [0, 0.1) is 0 Å². The summed E-state index contributed by atoms with van der Waals surface area (Å²) in [5, 5.41) is 10.1. The third kappa shape index (κ3) is 17.3. The van der Waals surface area contributed by atoms with Crippen molar-refractivity contribution in [1.82, 2.24) is 15.4 Å². The van der Waals surface area contributed by atoms with Crippen molar-refractivity contribution in [2.24, 2.45) is 0 Å². The van der Waals surface area contributed by atoms with Crippen LogP contribution in [0.25, 0.3) is 0 Å². The van der Waals surface area contributed by atoms with Crippen molar-refractivity contribution in [1.29, 1.82) is 0 Å². The quantitative estimate of drug-likeness (QED) is 0.126. The van der Waals surface area contributed by atoms with E-state index in [0.717, 1.165) is 0 Å². The van der Waals surface area contributed by atoms with E-state index in [1.165, 1.54) is 0 Å². The second kappa shape index (κ2) is 17.6. The van der Waals surface area contributed by atoms with Crippen LogP contribution in [0.4, 0.5) is 0 Å². The first-order valence-electron chi connectivity index (χ1n) is 7.44. The summed E-state index contributed by atoms with van der Waals surface area (Å²) in [6, 6.07) is 1.72. The molecule has 0 saturated heterocycles. The second-order valence-electron chi connectivity index (χ2n) is 4.19. The van der Waals surface area contributed by atoms with E-state index in [4.69, 9.17) is 92.3 Å². The maximum Gasteiger partial charge on any atom is 0.708 e. The van der Waals surface area contributed by atoms with Gasteiger partial charge < -0.3 is 13.3 Å². The zero-order valence-electron chi connectivity index (χ0n) is 14.0. The highest BCUT2D eigenvalue weighted by molar-refractivity contribution is 6.67. The molecule has 158 valence electrons. The first-order valence-corrected chi connectivity index (χ1v) is 11.8. The van der Waals surface area contributed by atoms with E-state index in [1.54, 1.807) is 18.5 Å². The van der Waals surface area contributed by atoms with Crippen molar-refractivity contribution in [2.45, 2.75) is 10.2 Å². The lowest BCUT2D eigenvalue weighted by molar-refractivity contribution is -0.274. The van der Waals surface area contributed by atoms with Crippen LogP contribution >= 0.6 is 69.6 Å². The number of nitrogens with zero attached hydrogens (tertiary/aromatic N) is 3. The molecule has 15 heteroatoms. The Hall–Kier alpha value is 0.767. The molecule has 0 spiro atoms. The lowest BCUT2D eigenvalue weighted by Crippen LogP contribution is -2.50. The van der Waals surface area contributed by atoms with Crippen LogP contribution < -0.4 is 0 Å². The number of halogens is 6. The Morgan fingerprint density at radius 2 is 1.26 bits per heavy atom. The molecule has 0 amide bonds. The standard InChI is InChI=1S/C9H16Cl6O5Si.C3H3N3/c10-2-6-17-21(18-7-3-11,19-8-4-12)20-16-5-1-9(13,14)15;1-2-4-6-5-3-1/h1-8H2;1-3H. The maximum absolute atomic E-state index is 5.59. The fourth-order valence-corrected chi connectivity index (χ4v) is 3.69. The molecule has 0 saturated carbocycles. The molecule has 0 fully saturated rings. The molecule has 0 aliphatic heterocycles. The Bertz CT molecular complexity index is 403. The average molecular weight is 526 g/mol. The lowest BCUT2D eigenvalue weighted by Gasteiger charge is -2.26. The molecule has 8 nitrogen and oxygen atoms in total. The highest BCUT2D eigenvalue weighted by atomic mass is 35.6. The molecule has 0 atom stereocenters. The van der Waals surface area contributed by atoms with Crippen LogP contribution in [0.3, 0.4) is 0 Å². The Balaban J connectivity index is 0.000000941. The normalized spacial score (nSPS) is 11.8. The SMILES string of the molecule is ClCCO[Si](OCCCl)(OCCCl)OOCCC(Cl)(Cl)Cl.c1cnnnc1. The van der Waals surface area contributed by atoms with Gasteiger partial charge in [0.1, 0.15) is 0 Å². The number of hydrogen-bond acceptors (Lipinski definition) is 8. The van der Waals surface area contributed by atoms with Gasteiger partial charge in [0.15, 0.2) is 3.79 Å². The van der Waals surface area contributed by atoms with E-state index in [1.807, 2.05) is 0 Å². The molecule has 0 unspecified atom stereocenters. The molecule has 1 rings (SSSR count). The molecule has 1 aromatic heterocycles. The van der Waals surface area contributed by atoms with Gasteiger partial charge in [-0.15, -0.1) is 45.0 Å². The average Bonchev–Trinajstić information content (AvgIpc) is 2.67. The van der Waals surface area contributed by atoms with E-state index in [2.05, 4.69) is 15.4 Å². The van der Waals surface area contributed by atoms with Crippen LogP contribution in [-0.2, 0) is 22.7 Å². The van der Waals surface area contributed by atoms with Crippen molar-refractivity contribution in [3.8, 4) is 0 Å². The van der Waals surface area contributed by atoms with E-state index >= 15 is 0 Å². The minimum atomic E-state index is -3.56. The third-order valence-electron chi connectivity index (χ3n) is 2.11. The van der Waals surface area contributed by atoms with E-state index in [-0.39, 0.29) is 50.5 Å². The highest BCUT2D eigenvalue weighted by Crippen LogP contribution is 2.29. The van der Waals surface area contributed by atoms with Crippen LogP contribution in [0.2, 0.25) is 0 Å². The fraction of sp³-hybridized carbons (Fsp3) is 0.750. The first kappa shape index (κ1) is 27.8. The third-order valence-corrected chi connectivity index (χ3v) is 5.13. The van der Waals surface area contributed by atoms with Crippen molar-refractivity contribution >= 4 is 78.7 Å². The molecule has 0 aliphatic rings. The van der Waals surface area contributed by atoms with Gasteiger partial charge in [-0.1, -0.05) is 34.8 Å². The van der Waals surface area contributed by atoms with E-state index < -0.39 is 12.8 Å². The smallest absolute Gasteiger partial charge is 0.349 e. The van der Waals surface area contributed by atoms with Gasteiger partial charge in [-0.2, -0.15) is 4.58 Å². The zero-order valence-corrected chi connectivity index (χ0v) is 19.6. The second-order valence-corrected chi connectivity index (χ2v) is 9.88. The summed E-state index contributed by atoms with van der Waals surface area (Å²) in [5.41, 5.74) is 0. The summed E-state index contributed by atoms with van der Waals surface area (Å²) in [6.45, 7) is 0.439. The van der Waals surface area contributed by atoms with Gasteiger partial charge >= 0.3 is 9.05 Å². The van der Waals surface area contributed by atoms with Crippen LogP contribution in [0.5, 0.6) is 0 Å². The molecule has 0 N–H and O–H groups in total. The van der Waals surface area contributed by atoms with E-state index in [0.29, 0.717) is 0 Å². The Morgan fingerprint density at radius 3 is 1.56 bits per heavy atom. The van der Waals surface area contributed by atoms with Crippen LogP contribution in [0.1, 0.15) is 6.42 Å². The fourth-order valence-electron chi connectivity index (χ4n) is 1.16. The summed E-state index contributed by atoms with van der Waals surface area (Å²) in [7, 11) is -3.56. The van der Waals surface area contributed by atoms with Gasteiger partial charge in [0.2, 0.25) is 0 Å². The summed E-state index contributed by atoms with van der Waals surface area (Å²) < 4.78 is 19.9. The van der Waals surface area contributed by atoms with Crippen LogP contribution in [-0.4, -0.2) is 72.3 Å². The minimum Gasteiger partial charge on any atom is -0.349 e. The topological polar surface area (TPSA) is 84.8 Å². The van der Waals surface area contributed by atoms with Gasteiger partial charge in [-0.3, -0.25) is 0 Å². The summed E-state index contributed by atoms with van der Waals surface area (Å²) in [4.78, 5) is 4.97. The van der Waals surface area contributed by atoms with Crippen molar-refractivity contribution in [3.05, 3.63) is 18.5 Å². The molecular formula is C12H19Cl6N3O5Si. The van der Waals surface area contributed by atoms with Gasteiger partial charge in [-0.25, -0.2) is 4.89 Å². The molecule has 1 aromatic rings. The number of alkyl halides is 6. The lowest BCUT2D eigenvalue weighted by atomic mass is 10.5. The van der Waals surface area contributed by atoms with Gasteiger partial charge in [-0.05, 0) is 11.3 Å². The highest BCUT2D eigenvalue weighted by Gasteiger charge is 2.48. The van der Waals surface area contributed by atoms with Crippen molar-refractivity contribution in [2.75, 3.05) is 44.1 Å². The summed E-state index contributed by atoms with van der Waals surface area (Å²) in [5.74, 6) is 0.669. The summed E-state index contributed by atoms with van der Waals surface area (Å²) in [6.07, 6.45) is 3.27. The predicted molar refractivity (Wildman–Crippen MR) is 108 cm³/mol. The Labute approximate surface area is 189 Å². The monoisotopic (exact) mass is 523 g/mol. The van der Waals surface area contributed by atoms with Gasteiger partial charge in [0, 0.05) is 24.1 Å². The molecule has 0 radical (unpaired) electrons. The van der Waals surface area contributed by atoms with Gasteiger partial charge in [0.25, 0.3) is 0 Å². The van der Waals surface area contributed by atoms with Crippen LogP contribution in [0.15, 0.2) is 18.5 Å². The Kier molecular flexibility index (Phi) is 18.1. The molecule has 0 bridgehead atoms. The van der Waals surface area contributed by atoms with Crippen molar-refractivity contribution in [3.63, 3.8) is 0 Å². The zero-order chi connectivity index (χ0) is 20.4. The molecular weight excluding hydrogens is 507 g/mol. The number of aromatic nitrogens is 3. The number of hydrogen-bond donors (Lipinski definition) is 0. The van der Waals surface area contributed by atoms with E-state index in [9.17, 15) is 0 Å². The molecule has 27 heavy (non-hydrogen) atoms. The molecule has 0 aromatic carbocycles. The maximum atomic E-state index is 5.59. The Morgan fingerprint density at radius 1 is 0.778 bits per heavy atom. The molecule has 1 heterocycles. The van der Waals surface area contributed by atoms with Crippen molar-refractivity contribution < 1.29 is 22.7 Å². The number of rotatable bonds is 13.